The second-order valence-electron chi connectivity index (χ2n) is 5.80. The first-order chi connectivity index (χ1) is 8.32. The fourth-order valence-electron chi connectivity index (χ4n) is 2.39. The highest BCUT2D eigenvalue weighted by atomic mass is 35.5. The molecule has 4 unspecified atom stereocenters. The molecular formula is C14H25ClO3. The van der Waals surface area contributed by atoms with Crippen LogP contribution in [-0.4, -0.2) is 30.7 Å². The van der Waals surface area contributed by atoms with Crippen molar-refractivity contribution in [3.05, 3.63) is 0 Å². The van der Waals surface area contributed by atoms with E-state index in [1.165, 1.54) is 0 Å². The maximum Gasteiger partial charge on any atom is 0.156 e. The van der Waals surface area contributed by atoms with E-state index in [0.29, 0.717) is 18.8 Å². The molecule has 0 aromatic carbocycles. The number of ether oxygens (including phenoxy) is 2. The van der Waals surface area contributed by atoms with Gasteiger partial charge in [-0.2, -0.15) is 0 Å². The van der Waals surface area contributed by atoms with Crippen LogP contribution >= 0.6 is 11.6 Å². The summed E-state index contributed by atoms with van der Waals surface area (Å²) in [5.74, 6) is 0.687. The molecule has 0 amide bonds. The van der Waals surface area contributed by atoms with E-state index in [-0.39, 0.29) is 23.4 Å². The smallest absolute Gasteiger partial charge is 0.156 e. The van der Waals surface area contributed by atoms with Crippen molar-refractivity contribution in [2.45, 2.75) is 64.7 Å². The van der Waals surface area contributed by atoms with Crippen LogP contribution in [-0.2, 0) is 14.3 Å². The highest BCUT2D eigenvalue weighted by molar-refractivity contribution is 6.20. The standard InChI is InChI=1S/C14H25ClO3/c1-6-10(16)8-12-14(3,4)9(2)7-11(18-12)13(15)17-5/h9,11-13H,6-8H2,1-5H3. The van der Waals surface area contributed by atoms with Crippen molar-refractivity contribution in [2.24, 2.45) is 11.3 Å². The Morgan fingerprint density at radius 2 is 2.17 bits per heavy atom. The quantitative estimate of drug-likeness (QED) is 0.722. The molecule has 4 atom stereocenters. The number of hydrogen-bond acceptors (Lipinski definition) is 3. The summed E-state index contributed by atoms with van der Waals surface area (Å²) in [6.07, 6.45) is 1.69. The average Bonchev–Trinajstić information content (AvgIpc) is 2.33. The van der Waals surface area contributed by atoms with E-state index in [4.69, 9.17) is 21.1 Å². The van der Waals surface area contributed by atoms with Gasteiger partial charge in [0.1, 0.15) is 5.78 Å². The van der Waals surface area contributed by atoms with Gasteiger partial charge in [-0.15, -0.1) is 0 Å². The minimum atomic E-state index is -0.442. The van der Waals surface area contributed by atoms with E-state index in [1.54, 1.807) is 7.11 Å². The van der Waals surface area contributed by atoms with Crippen molar-refractivity contribution >= 4 is 17.4 Å². The van der Waals surface area contributed by atoms with Gasteiger partial charge in [0.25, 0.3) is 0 Å². The van der Waals surface area contributed by atoms with Crippen molar-refractivity contribution in [1.82, 2.24) is 0 Å². The van der Waals surface area contributed by atoms with Crippen molar-refractivity contribution in [1.29, 1.82) is 0 Å². The molecule has 0 N–H and O–H groups in total. The van der Waals surface area contributed by atoms with Gasteiger partial charge in [0.05, 0.1) is 12.2 Å². The molecule has 1 fully saturated rings. The second-order valence-corrected chi connectivity index (χ2v) is 6.23. The van der Waals surface area contributed by atoms with Gasteiger partial charge in [0, 0.05) is 20.0 Å². The van der Waals surface area contributed by atoms with Crippen LogP contribution in [0.15, 0.2) is 0 Å². The monoisotopic (exact) mass is 276 g/mol. The summed E-state index contributed by atoms with van der Waals surface area (Å²) < 4.78 is 11.2. The van der Waals surface area contributed by atoms with Crippen molar-refractivity contribution < 1.29 is 14.3 Å². The van der Waals surface area contributed by atoms with Gasteiger partial charge >= 0.3 is 0 Å². The van der Waals surface area contributed by atoms with Gasteiger partial charge in [0.15, 0.2) is 5.56 Å². The summed E-state index contributed by atoms with van der Waals surface area (Å²) >= 11 is 6.11. The summed E-state index contributed by atoms with van der Waals surface area (Å²) in [6.45, 7) is 8.41. The van der Waals surface area contributed by atoms with E-state index < -0.39 is 5.56 Å². The minimum Gasteiger partial charge on any atom is -0.370 e. The van der Waals surface area contributed by atoms with Gasteiger partial charge in [-0.3, -0.25) is 4.79 Å². The van der Waals surface area contributed by atoms with Crippen LogP contribution in [0.1, 0.15) is 47.0 Å². The Hall–Kier alpha value is -0.120. The van der Waals surface area contributed by atoms with Gasteiger partial charge in [-0.1, -0.05) is 39.3 Å². The third-order valence-corrected chi connectivity index (χ3v) is 4.81. The highest BCUT2D eigenvalue weighted by Gasteiger charge is 2.44. The van der Waals surface area contributed by atoms with Gasteiger partial charge < -0.3 is 9.47 Å². The first-order valence-electron chi connectivity index (χ1n) is 6.66. The molecule has 0 aliphatic carbocycles. The summed E-state index contributed by atoms with van der Waals surface area (Å²) in [4.78, 5) is 11.7. The number of carbonyl (C=O) groups excluding carboxylic acids is 1. The zero-order chi connectivity index (χ0) is 13.9. The van der Waals surface area contributed by atoms with Crippen LogP contribution in [0.4, 0.5) is 0 Å². The Kier molecular flexibility index (Phi) is 5.63. The lowest BCUT2D eigenvalue weighted by molar-refractivity contribution is -0.171. The molecule has 0 aromatic heterocycles. The van der Waals surface area contributed by atoms with E-state index >= 15 is 0 Å². The van der Waals surface area contributed by atoms with Crippen molar-refractivity contribution in [3.8, 4) is 0 Å². The van der Waals surface area contributed by atoms with E-state index in [2.05, 4.69) is 20.8 Å². The number of halogens is 1. The van der Waals surface area contributed by atoms with Gasteiger partial charge in [0.2, 0.25) is 0 Å². The second kappa shape index (κ2) is 6.36. The molecule has 1 saturated heterocycles. The first-order valence-corrected chi connectivity index (χ1v) is 7.10. The maximum absolute atomic E-state index is 11.7. The van der Waals surface area contributed by atoms with Crippen LogP contribution < -0.4 is 0 Å². The molecule has 0 spiro atoms. The fraction of sp³-hybridized carbons (Fsp3) is 0.929. The highest BCUT2D eigenvalue weighted by Crippen LogP contribution is 2.43. The lowest BCUT2D eigenvalue weighted by Gasteiger charge is -2.47. The Labute approximate surface area is 115 Å². The van der Waals surface area contributed by atoms with Crippen molar-refractivity contribution in [2.75, 3.05) is 7.11 Å². The van der Waals surface area contributed by atoms with E-state index in [1.807, 2.05) is 6.92 Å². The normalized spacial score (nSPS) is 33.1. The number of Topliss-reactive ketones (excluding diaryl/α,β-unsaturated/α-hetero) is 1. The molecule has 1 aliphatic heterocycles. The van der Waals surface area contributed by atoms with Crippen molar-refractivity contribution in [3.63, 3.8) is 0 Å². The summed E-state index contributed by atoms with van der Waals surface area (Å²) in [6, 6.07) is 0. The summed E-state index contributed by atoms with van der Waals surface area (Å²) in [7, 11) is 1.58. The number of rotatable bonds is 5. The largest absolute Gasteiger partial charge is 0.370 e. The fourth-order valence-corrected chi connectivity index (χ4v) is 2.56. The summed E-state index contributed by atoms with van der Waals surface area (Å²) in [5.41, 5.74) is -0.450. The molecule has 1 rings (SSSR count). The number of hydrogen-bond donors (Lipinski definition) is 0. The third-order valence-electron chi connectivity index (χ3n) is 4.35. The molecule has 1 aliphatic rings. The first kappa shape index (κ1) is 15.9. The Bertz CT molecular complexity index is 291. The average molecular weight is 277 g/mol. The lowest BCUT2D eigenvalue weighted by Crippen LogP contribution is -2.49. The molecule has 0 radical (unpaired) electrons. The number of methoxy groups -OCH3 is 1. The number of carbonyl (C=O) groups is 1. The predicted octanol–water partition coefficient (Wildman–Crippen LogP) is 3.39. The van der Waals surface area contributed by atoms with Crippen LogP contribution in [0.25, 0.3) is 0 Å². The SMILES string of the molecule is CCC(=O)CC1OC(C(Cl)OC)CC(C)C1(C)C. The van der Waals surface area contributed by atoms with Crippen LogP contribution in [0, 0.1) is 11.3 Å². The topological polar surface area (TPSA) is 35.5 Å². The minimum absolute atomic E-state index is 0.00825. The Balaban J connectivity index is 2.79. The van der Waals surface area contributed by atoms with E-state index in [0.717, 1.165) is 6.42 Å². The molecule has 0 bridgehead atoms. The third kappa shape index (κ3) is 3.46. The Morgan fingerprint density at radius 1 is 1.56 bits per heavy atom. The van der Waals surface area contributed by atoms with Gasteiger partial charge in [-0.05, 0) is 17.8 Å². The van der Waals surface area contributed by atoms with Gasteiger partial charge in [-0.25, -0.2) is 0 Å². The van der Waals surface area contributed by atoms with Crippen LogP contribution in [0.2, 0.25) is 0 Å². The van der Waals surface area contributed by atoms with Crippen LogP contribution in [0.5, 0.6) is 0 Å². The zero-order valence-electron chi connectivity index (χ0n) is 12.0. The molecule has 0 saturated carbocycles. The van der Waals surface area contributed by atoms with E-state index in [9.17, 15) is 4.79 Å². The molecule has 1 heterocycles. The maximum atomic E-state index is 11.7. The zero-order valence-corrected chi connectivity index (χ0v) is 12.8. The molecule has 3 nitrogen and oxygen atoms in total. The molecular weight excluding hydrogens is 252 g/mol. The molecule has 18 heavy (non-hydrogen) atoms. The number of alkyl halides is 1. The molecule has 106 valence electrons. The Morgan fingerprint density at radius 3 is 2.67 bits per heavy atom. The molecule has 4 heteroatoms. The molecule has 0 aromatic rings. The van der Waals surface area contributed by atoms with Crippen LogP contribution in [0.3, 0.4) is 0 Å². The predicted molar refractivity (Wildman–Crippen MR) is 72.8 cm³/mol. The number of ketones is 1. The summed E-state index contributed by atoms with van der Waals surface area (Å²) in [5, 5.41) is 0. The lowest BCUT2D eigenvalue weighted by atomic mass is 9.69.